The summed E-state index contributed by atoms with van der Waals surface area (Å²) in [7, 11) is 0. The lowest BCUT2D eigenvalue weighted by molar-refractivity contribution is -0.385. The molecular weight excluding hydrogens is 522 g/mol. The van der Waals surface area contributed by atoms with E-state index in [-0.39, 0.29) is 11.4 Å². The molecule has 0 aliphatic carbocycles. The second kappa shape index (κ2) is 8.73. The summed E-state index contributed by atoms with van der Waals surface area (Å²) in [4.78, 5) is 22.0. The van der Waals surface area contributed by atoms with Crippen molar-refractivity contribution in [1.82, 2.24) is 39.6 Å². The Kier molecular flexibility index (Phi) is 5.36. The lowest BCUT2D eigenvalue weighted by Crippen LogP contribution is -2.13. The Labute approximate surface area is 213 Å². The van der Waals surface area contributed by atoms with E-state index in [4.69, 9.17) is 5.73 Å². The van der Waals surface area contributed by atoms with Crippen LogP contribution < -0.4 is 5.73 Å². The summed E-state index contributed by atoms with van der Waals surface area (Å²) in [6.45, 7) is 0. The zero-order valence-corrected chi connectivity index (χ0v) is 20.0. The number of aromatic nitrogens is 8. The van der Waals surface area contributed by atoms with Gasteiger partial charge in [-0.3, -0.25) is 20.2 Å². The summed E-state index contributed by atoms with van der Waals surface area (Å²) in [6.07, 6.45) is 0.380. The van der Waals surface area contributed by atoms with Crippen LogP contribution in [0.25, 0.3) is 32.7 Å². The molecule has 17 heteroatoms. The Hall–Kier alpha value is -4.74. The van der Waals surface area contributed by atoms with Crippen molar-refractivity contribution in [3.8, 4) is 22.8 Å². The molecule has 0 amide bonds. The van der Waals surface area contributed by atoms with Gasteiger partial charge in [0.15, 0.2) is 11.6 Å². The maximum Gasteiger partial charge on any atom is 0.269 e. The summed E-state index contributed by atoms with van der Waals surface area (Å²) in [5.41, 5.74) is 7.69. The smallest absolute Gasteiger partial charge is 0.269 e. The van der Waals surface area contributed by atoms with Crippen LogP contribution in [0.1, 0.15) is 16.1 Å². The number of nitrogens with zero attached hydrogens (tertiary/aromatic N) is 10. The van der Waals surface area contributed by atoms with Crippen molar-refractivity contribution in [1.29, 1.82) is 0 Å². The number of nitro benzene ring substituents is 2. The monoisotopic (exact) mass is 535 g/mol. The minimum absolute atomic E-state index is 0.0174. The molecule has 0 spiro atoms. The van der Waals surface area contributed by atoms with Crippen molar-refractivity contribution in [2.75, 3.05) is 0 Å². The number of nitro groups is 2. The molecule has 0 fully saturated rings. The predicted octanol–water partition coefficient (Wildman–Crippen LogP) is 3.08. The Morgan fingerprint density at radius 3 is 1.76 bits per heavy atom. The Bertz CT molecular complexity index is 1790. The van der Waals surface area contributed by atoms with Crippen molar-refractivity contribution in [3.63, 3.8) is 0 Å². The molecule has 4 heterocycles. The van der Waals surface area contributed by atoms with Crippen molar-refractivity contribution >= 4 is 44.0 Å². The largest absolute Gasteiger partial charge is 0.322 e. The average Bonchev–Trinajstić information content (AvgIpc) is 3.65. The molecule has 1 atom stereocenters. The second-order valence-electron chi connectivity index (χ2n) is 7.79. The van der Waals surface area contributed by atoms with E-state index in [9.17, 15) is 20.2 Å². The van der Waals surface area contributed by atoms with E-state index in [0.717, 1.165) is 0 Å². The number of nitrogens with two attached hydrogens (primary N) is 1. The number of non-ortho nitro benzene ring substituents is 2. The van der Waals surface area contributed by atoms with Gasteiger partial charge in [0.1, 0.15) is 10.0 Å². The van der Waals surface area contributed by atoms with Crippen LogP contribution in [0.2, 0.25) is 0 Å². The van der Waals surface area contributed by atoms with Gasteiger partial charge in [0.05, 0.1) is 15.9 Å². The molecule has 184 valence electrons. The van der Waals surface area contributed by atoms with Gasteiger partial charge in [-0.1, -0.05) is 22.7 Å². The molecule has 0 saturated heterocycles. The van der Waals surface area contributed by atoms with Gasteiger partial charge in [0.25, 0.3) is 11.4 Å². The van der Waals surface area contributed by atoms with E-state index in [1.54, 1.807) is 33.3 Å². The van der Waals surface area contributed by atoms with E-state index in [1.165, 1.54) is 46.9 Å². The lowest BCUT2D eigenvalue weighted by atomic mass is 10.2. The van der Waals surface area contributed by atoms with Gasteiger partial charge < -0.3 is 5.73 Å². The molecule has 0 aliphatic heterocycles. The predicted molar refractivity (Wildman–Crippen MR) is 132 cm³/mol. The molecule has 15 nitrogen and oxygen atoms in total. The highest BCUT2D eigenvalue weighted by Gasteiger charge is 2.21. The van der Waals surface area contributed by atoms with Gasteiger partial charge >= 0.3 is 0 Å². The number of hydrogen-bond donors (Lipinski definition) is 1. The Balaban J connectivity index is 1.24. The standard InChI is InChI=1S/C20H13N11O4S2/c21-14(18-27-29-17(23-25-20(29)37-18)11-3-7-13(8-4-11)31(34)35)9-15-26-28-16(22-24-19(28)36-15)10-1-5-12(6-2-10)30(32)33/h1-8,14H,9,21H2/t14-/m0/s1. The third kappa shape index (κ3) is 4.05. The van der Waals surface area contributed by atoms with Crippen molar-refractivity contribution in [2.24, 2.45) is 5.73 Å². The van der Waals surface area contributed by atoms with Crippen LogP contribution in [-0.2, 0) is 6.42 Å². The molecule has 4 aromatic heterocycles. The van der Waals surface area contributed by atoms with E-state index in [0.29, 0.717) is 49.1 Å². The maximum absolute atomic E-state index is 10.9. The van der Waals surface area contributed by atoms with Gasteiger partial charge in [-0.05, 0) is 24.3 Å². The Morgan fingerprint density at radius 2 is 1.24 bits per heavy atom. The maximum atomic E-state index is 10.9. The van der Waals surface area contributed by atoms with Crippen molar-refractivity contribution in [3.05, 3.63) is 78.8 Å². The van der Waals surface area contributed by atoms with E-state index in [1.807, 2.05) is 0 Å². The molecule has 37 heavy (non-hydrogen) atoms. The van der Waals surface area contributed by atoms with Gasteiger partial charge in [-0.15, -0.1) is 20.4 Å². The third-order valence-electron chi connectivity index (χ3n) is 5.42. The van der Waals surface area contributed by atoms with Gasteiger partial charge in [-0.2, -0.15) is 19.2 Å². The van der Waals surface area contributed by atoms with E-state index < -0.39 is 15.9 Å². The molecule has 2 aromatic carbocycles. The Morgan fingerprint density at radius 1 is 0.757 bits per heavy atom. The molecule has 0 radical (unpaired) electrons. The first-order valence-electron chi connectivity index (χ1n) is 10.6. The summed E-state index contributed by atoms with van der Waals surface area (Å²) in [5, 5.41) is 48.9. The third-order valence-corrected chi connectivity index (χ3v) is 7.38. The molecule has 0 saturated carbocycles. The fourth-order valence-corrected chi connectivity index (χ4v) is 5.35. The molecule has 0 aliphatic rings. The number of benzene rings is 2. The van der Waals surface area contributed by atoms with E-state index >= 15 is 0 Å². The van der Waals surface area contributed by atoms with Crippen LogP contribution in [0.5, 0.6) is 0 Å². The molecule has 2 N–H and O–H groups in total. The first-order valence-corrected chi connectivity index (χ1v) is 12.2. The summed E-state index contributed by atoms with van der Waals surface area (Å²) >= 11 is 2.63. The molecule has 0 bridgehead atoms. The SMILES string of the molecule is N[C@@H](Cc1nn2c(-c3ccc([N+](=O)[O-])cc3)nnc2s1)c1nn2c(-c3ccc([N+](=O)[O-])cc3)nnc2s1. The fraction of sp³-hybridized carbons (Fsp3) is 0.100. The van der Waals surface area contributed by atoms with Crippen LogP contribution in [-0.4, -0.2) is 49.5 Å². The highest BCUT2D eigenvalue weighted by atomic mass is 32.1. The number of hydrogen-bond acceptors (Lipinski definition) is 13. The van der Waals surface area contributed by atoms with Crippen molar-refractivity contribution < 1.29 is 9.85 Å². The summed E-state index contributed by atoms with van der Waals surface area (Å²) < 4.78 is 3.14. The normalized spacial score (nSPS) is 12.4. The zero-order chi connectivity index (χ0) is 25.7. The summed E-state index contributed by atoms with van der Waals surface area (Å²) in [6, 6.07) is 11.5. The average molecular weight is 536 g/mol. The highest BCUT2D eigenvalue weighted by Crippen LogP contribution is 2.29. The minimum atomic E-state index is -0.483. The zero-order valence-electron chi connectivity index (χ0n) is 18.4. The van der Waals surface area contributed by atoms with Crippen LogP contribution in [0.3, 0.4) is 0 Å². The van der Waals surface area contributed by atoms with Gasteiger partial charge in [0, 0.05) is 41.8 Å². The molecular formula is C20H13N11O4S2. The molecule has 0 unspecified atom stereocenters. The quantitative estimate of drug-likeness (QED) is 0.233. The lowest BCUT2D eigenvalue weighted by Gasteiger charge is -2.04. The van der Waals surface area contributed by atoms with Crippen molar-refractivity contribution in [2.45, 2.75) is 12.5 Å². The van der Waals surface area contributed by atoms with Crippen LogP contribution in [0, 0.1) is 20.2 Å². The number of rotatable bonds is 7. The second-order valence-corrected chi connectivity index (χ2v) is 9.82. The number of fused-ring (bicyclic) bond motifs is 2. The highest BCUT2D eigenvalue weighted by molar-refractivity contribution is 7.17. The fourth-order valence-electron chi connectivity index (χ4n) is 3.62. The van der Waals surface area contributed by atoms with Crippen LogP contribution >= 0.6 is 22.7 Å². The summed E-state index contributed by atoms with van der Waals surface area (Å²) in [5.74, 6) is 0.915. The minimum Gasteiger partial charge on any atom is -0.322 e. The first-order chi connectivity index (χ1) is 17.9. The molecule has 6 rings (SSSR count). The molecule has 6 aromatic rings. The van der Waals surface area contributed by atoms with Gasteiger partial charge in [-0.25, -0.2) is 0 Å². The van der Waals surface area contributed by atoms with E-state index in [2.05, 4.69) is 30.6 Å². The first kappa shape index (κ1) is 22.7. The van der Waals surface area contributed by atoms with Crippen LogP contribution in [0.4, 0.5) is 11.4 Å². The van der Waals surface area contributed by atoms with Gasteiger partial charge in [0.2, 0.25) is 9.92 Å². The van der Waals surface area contributed by atoms with Crippen LogP contribution in [0.15, 0.2) is 48.5 Å². The topological polar surface area (TPSA) is 198 Å².